The van der Waals surface area contributed by atoms with Crippen LogP contribution < -0.4 is 0 Å². The van der Waals surface area contributed by atoms with E-state index in [-0.39, 0.29) is 22.4 Å². The van der Waals surface area contributed by atoms with Crippen LogP contribution in [0, 0.1) is 6.92 Å². The molecular formula is C19H12ClF3N4. The van der Waals surface area contributed by atoms with Gasteiger partial charge in [-0.2, -0.15) is 18.3 Å². The van der Waals surface area contributed by atoms with Crippen molar-refractivity contribution in [2.75, 3.05) is 0 Å². The van der Waals surface area contributed by atoms with Crippen LogP contribution in [-0.2, 0) is 6.18 Å². The van der Waals surface area contributed by atoms with Crippen LogP contribution in [0.4, 0.5) is 13.2 Å². The predicted octanol–water partition coefficient (Wildman–Crippen LogP) is 5.46. The number of fused-ring (bicyclic) bond motifs is 1. The van der Waals surface area contributed by atoms with E-state index in [1.165, 1.54) is 24.0 Å². The summed E-state index contributed by atoms with van der Waals surface area (Å²) in [6.07, 6.45) is -1.54. The van der Waals surface area contributed by atoms with Crippen molar-refractivity contribution in [2.45, 2.75) is 13.1 Å². The van der Waals surface area contributed by atoms with Gasteiger partial charge in [0.15, 0.2) is 5.65 Å². The maximum atomic E-state index is 13.8. The average molecular weight is 389 g/mol. The number of aromatic nitrogens is 4. The van der Waals surface area contributed by atoms with Crippen molar-refractivity contribution in [1.29, 1.82) is 0 Å². The van der Waals surface area contributed by atoms with Gasteiger partial charge in [-0.15, -0.1) is 0 Å². The Morgan fingerprint density at radius 2 is 1.74 bits per heavy atom. The molecule has 27 heavy (non-hydrogen) atoms. The van der Waals surface area contributed by atoms with Gasteiger partial charge < -0.3 is 0 Å². The van der Waals surface area contributed by atoms with Crippen molar-refractivity contribution < 1.29 is 13.2 Å². The fraction of sp³-hybridized carbons (Fsp3) is 0.105. The van der Waals surface area contributed by atoms with Gasteiger partial charge in [-0.05, 0) is 37.3 Å². The summed E-state index contributed by atoms with van der Waals surface area (Å²) < 4.78 is 42.7. The monoisotopic (exact) mass is 388 g/mol. The third-order valence-electron chi connectivity index (χ3n) is 4.17. The Hall–Kier alpha value is -2.93. The van der Waals surface area contributed by atoms with E-state index in [2.05, 4.69) is 15.1 Å². The van der Waals surface area contributed by atoms with Crippen molar-refractivity contribution in [2.24, 2.45) is 0 Å². The van der Waals surface area contributed by atoms with Gasteiger partial charge in [0.2, 0.25) is 0 Å². The van der Waals surface area contributed by atoms with Crippen molar-refractivity contribution in [1.82, 2.24) is 19.7 Å². The first kappa shape index (κ1) is 17.5. The molecule has 0 fully saturated rings. The number of halogens is 4. The molecule has 0 saturated heterocycles. The molecular weight excluding hydrogens is 377 g/mol. The molecule has 0 atom stereocenters. The number of benzene rings is 1. The lowest BCUT2D eigenvalue weighted by atomic mass is 10.1. The highest BCUT2D eigenvalue weighted by atomic mass is 35.5. The molecule has 0 spiro atoms. The maximum Gasteiger partial charge on any atom is 0.417 e. The molecule has 4 nitrogen and oxygen atoms in total. The summed E-state index contributed by atoms with van der Waals surface area (Å²) in [6.45, 7) is 1.53. The number of hydrogen-bond donors (Lipinski definition) is 0. The first-order valence-electron chi connectivity index (χ1n) is 7.99. The molecule has 4 rings (SSSR count). The highest BCUT2D eigenvalue weighted by Crippen LogP contribution is 2.39. The number of rotatable bonds is 2. The molecule has 0 bridgehead atoms. The van der Waals surface area contributed by atoms with Gasteiger partial charge in [-0.3, -0.25) is 4.98 Å². The SMILES string of the molecule is Cc1nn(-c2ccccc2Cl)c2nc(-c3ccncc3)cc(C(F)(F)F)c12. The quantitative estimate of drug-likeness (QED) is 0.457. The number of alkyl halides is 3. The molecule has 0 N–H and O–H groups in total. The van der Waals surface area contributed by atoms with Gasteiger partial charge in [0.1, 0.15) is 0 Å². The first-order chi connectivity index (χ1) is 12.9. The summed E-state index contributed by atoms with van der Waals surface area (Å²) in [6, 6.07) is 11.1. The number of pyridine rings is 2. The van der Waals surface area contributed by atoms with Crippen molar-refractivity contribution in [3.05, 3.63) is 71.1 Å². The van der Waals surface area contributed by atoms with Gasteiger partial charge in [0.25, 0.3) is 0 Å². The van der Waals surface area contributed by atoms with Crippen LogP contribution in [0.2, 0.25) is 5.02 Å². The number of aryl methyl sites for hydroxylation is 1. The largest absolute Gasteiger partial charge is 0.417 e. The van der Waals surface area contributed by atoms with E-state index in [1.807, 2.05) is 0 Å². The molecule has 0 amide bonds. The molecule has 0 aliphatic heterocycles. The lowest BCUT2D eigenvalue weighted by molar-refractivity contribution is -0.136. The summed E-state index contributed by atoms with van der Waals surface area (Å²) in [7, 11) is 0. The zero-order chi connectivity index (χ0) is 19.2. The Bertz CT molecular complexity index is 1140. The van der Waals surface area contributed by atoms with E-state index < -0.39 is 11.7 Å². The zero-order valence-electron chi connectivity index (χ0n) is 14.0. The highest BCUT2D eigenvalue weighted by Gasteiger charge is 2.36. The molecule has 0 aliphatic carbocycles. The Balaban J connectivity index is 2.10. The lowest BCUT2D eigenvalue weighted by Crippen LogP contribution is -2.08. The summed E-state index contributed by atoms with van der Waals surface area (Å²) in [5.74, 6) is 0. The molecule has 4 aromatic rings. The molecule has 0 saturated carbocycles. The average Bonchev–Trinajstić information content (AvgIpc) is 2.98. The minimum atomic E-state index is -4.55. The maximum absolute atomic E-state index is 13.8. The third-order valence-corrected chi connectivity index (χ3v) is 4.49. The van der Waals surface area contributed by atoms with Gasteiger partial charge >= 0.3 is 6.18 Å². The predicted molar refractivity (Wildman–Crippen MR) is 96.8 cm³/mol. The van der Waals surface area contributed by atoms with Crippen LogP contribution in [0.5, 0.6) is 0 Å². The topological polar surface area (TPSA) is 43.6 Å². The molecule has 0 unspecified atom stereocenters. The number of hydrogen-bond acceptors (Lipinski definition) is 3. The summed E-state index contributed by atoms with van der Waals surface area (Å²) in [5.41, 5.74) is 0.723. The van der Waals surface area contributed by atoms with E-state index in [1.54, 1.807) is 36.4 Å². The summed E-state index contributed by atoms with van der Waals surface area (Å²) >= 11 is 6.24. The fourth-order valence-electron chi connectivity index (χ4n) is 2.97. The fourth-order valence-corrected chi connectivity index (χ4v) is 3.19. The molecule has 0 radical (unpaired) electrons. The highest BCUT2D eigenvalue weighted by molar-refractivity contribution is 6.32. The van der Waals surface area contributed by atoms with Crippen molar-refractivity contribution in [3.8, 4) is 16.9 Å². The number of para-hydroxylation sites is 1. The van der Waals surface area contributed by atoms with Crippen LogP contribution in [0.1, 0.15) is 11.3 Å². The summed E-state index contributed by atoms with van der Waals surface area (Å²) in [5, 5.41) is 4.61. The standard InChI is InChI=1S/C19H12ClF3N4/c1-11-17-13(19(21,22)23)10-15(12-6-8-24-9-7-12)25-18(17)27(26-11)16-5-3-2-4-14(16)20/h2-10H,1H3. The molecule has 3 aromatic heterocycles. The second kappa shape index (κ2) is 6.35. The van der Waals surface area contributed by atoms with Crippen LogP contribution in [0.15, 0.2) is 54.9 Å². The smallest absolute Gasteiger partial charge is 0.265 e. The lowest BCUT2D eigenvalue weighted by Gasteiger charge is -2.12. The van der Waals surface area contributed by atoms with E-state index in [0.29, 0.717) is 16.3 Å². The molecule has 8 heteroatoms. The Kier molecular flexibility index (Phi) is 4.11. The number of nitrogens with zero attached hydrogens (tertiary/aromatic N) is 4. The minimum Gasteiger partial charge on any atom is -0.265 e. The third kappa shape index (κ3) is 3.04. The molecule has 1 aromatic carbocycles. The first-order valence-corrected chi connectivity index (χ1v) is 8.37. The van der Waals surface area contributed by atoms with Crippen molar-refractivity contribution >= 4 is 22.6 Å². The van der Waals surface area contributed by atoms with Crippen LogP contribution in [-0.4, -0.2) is 19.7 Å². The molecule has 0 aliphatic rings. The summed E-state index contributed by atoms with van der Waals surface area (Å²) in [4.78, 5) is 8.37. The van der Waals surface area contributed by atoms with E-state index in [9.17, 15) is 13.2 Å². The normalized spacial score (nSPS) is 11.9. The van der Waals surface area contributed by atoms with Crippen LogP contribution in [0.25, 0.3) is 28.0 Å². The van der Waals surface area contributed by atoms with Gasteiger partial charge in [-0.1, -0.05) is 23.7 Å². The zero-order valence-corrected chi connectivity index (χ0v) is 14.8. The van der Waals surface area contributed by atoms with Gasteiger partial charge in [0.05, 0.1) is 33.0 Å². The van der Waals surface area contributed by atoms with Gasteiger partial charge in [0, 0.05) is 18.0 Å². The minimum absolute atomic E-state index is 0.0415. The Morgan fingerprint density at radius 1 is 1.04 bits per heavy atom. The van der Waals surface area contributed by atoms with Crippen molar-refractivity contribution in [3.63, 3.8) is 0 Å². The molecule has 3 heterocycles. The molecule has 136 valence electrons. The van der Waals surface area contributed by atoms with Gasteiger partial charge in [-0.25, -0.2) is 9.67 Å². The Morgan fingerprint density at radius 3 is 2.41 bits per heavy atom. The van der Waals surface area contributed by atoms with Crippen LogP contribution >= 0.6 is 11.6 Å². The Labute approximate surface area is 157 Å². The second-order valence-electron chi connectivity index (χ2n) is 5.94. The van der Waals surface area contributed by atoms with Crippen LogP contribution in [0.3, 0.4) is 0 Å². The van der Waals surface area contributed by atoms with E-state index in [4.69, 9.17) is 11.6 Å². The van der Waals surface area contributed by atoms with E-state index >= 15 is 0 Å². The second-order valence-corrected chi connectivity index (χ2v) is 6.34. The van der Waals surface area contributed by atoms with E-state index in [0.717, 1.165) is 6.07 Å².